The Labute approximate surface area is 129 Å². The summed E-state index contributed by atoms with van der Waals surface area (Å²) in [6, 6.07) is 0.920. The van der Waals surface area contributed by atoms with Gasteiger partial charge in [0, 0.05) is 21.1 Å². The first-order chi connectivity index (χ1) is 10.0. The molecule has 1 rings (SSSR count). The number of hydrogen-bond donors (Lipinski definition) is 0. The lowest BCUT2D eigenvalue weighted by Crippen LogP contribution is -2.23. The van der Waals surface area contributed by atoms with Crippen LogP contribution in [0, 0.1) is 0 Å². The minimum atomic E-state index is -4.39. The highest BCUT2D eigenvalue weighted by molar-refractivity contribution is 6.76. The first-order valence-electron chi connectivity index (χ1n) is 7.26. The van der Waals surface area contributed by atoms with Gasteiger partial charge in [-0.3, -0.25) is 4.79 Å². The Hall–Kier alpha value is -1.15. The third kappa shape index (κ3) is 6.31. The summed E-state index contributed by atoms with van der Waals surface area (Å²) in [7, 11) is -1.25. The van der Waals surface area contributed by atoms with Gasteiger partial charge in [0.15, 0.2) is 5.78 Å². The van der Waals surface area contributed by atoms with Crippen LogP contribution in [0.2, 0.25) is 25.7 Å². The maximum atomic E-state index is 12.7. The van der Waals surface area contributed by atoms with Gasteiger partial charge in [-0.1, -0.05) is 26.6 Å². The Morgan fingerprint density at radius 2 is 2.00 bits per heavy atom. The minimum absolute atomic E-state index is 0.0358. The molecule has 0 bridgehead atoms. The van der Waals surface area contributed by atoms with E-state index >= 15 is 0 Å². The van der Waals surface area contributed by atoms with Gasteiger partial charge < -0.3 is 4.74 Å². The molecule has 0 spiro atoms. The summed E-state index contributed by atoms with van der Waals surface area (Å²) in [5, 5.41) is 3.89. The van der Waals surface area contributed by atoms with Crippen molar-refractivity contribution in [3.63, 3.8) is 0 Å². The molecule has 1 aromatic rings. The molecule has 0 N–H and O–H groups in total. The van der Waals surface area contributed by atoms with Crippen molar-refractivity contribution in [1.29, 1.82) is 0 Å². The Morgan fingerprint density at radius 3 is 2.50 bits per heavy atom. The predicted molar refractivity (Wildman–Crippen MR) is 80.7 cm³/mol. The maximum Gasteiger partial charge on any atom is 0.394 e. The zero-order valence-corrected chi connectivity index (χ0v) is 14.5. The summed E-state index contributed by atoms with van der Waals surface area (Å²) >= 11 is 0. The number of alkyl halides is 3. The second kappa shape index (κ2) is 7.41. The predicted octanol–water partition coefficient (Wildman–Crippen LogP) is 3.89. The smallest absolute Gasteiger partial charge is 0.360 e. The second-order valence-corrected chi connectivity index (χ2v) is 12.0. The van der Waals surface area contributed by atoms with Gasteiger partial charge in [0.25, 0.3) is 0 Å². The zero-order chi connectivity index (χ0) is 17.0. The molecule has 0 radical (unpaired) electrons. The molecule has 0 saturated heterocycles. The minimum Gasteiger partial charge on any atom is -0.360 e. The zero-order valence-electron chi connectivity index (χ0n) is 13.5. The van der Waals surface area contributed by atoms with Crippen LogP contribution in [-0.4, -0.2) is 36.4 Å². The van der Waals surface area contributed by atoms with Crippen LogP contribution < -0.4 is 0 Å². The van der Waals surface area contributed by atoms with Crippen molar-refractivity contribution in [2.45, 2.75) is 58.4 Å². The van der Waals surface area contributed by atoms with Crippen molar-refractivity contribution in [1.82, 2.24) is 9.78 Å². The van der Waals surface area contributed by atoms with Crippen molar-refractivity contribution >= 4 is 13.9 Å². The normalized spacial score (nSPS) is 12.7. The summed E-state index contributed by atoms with van der Waals surface area (Å²) in [4.78, 5) is 11.7. The first kappa shape index (κ1) is 18.9. The summed E-state index contributed by atoms with van der Waals surface area (Å²) < 4.78 is 44.7. The quantitative estimate of drug-likeness (QED) is 0.411. The standard InChI is InChI=1S/C14H23F3N2O2Si/c1-5-13(20)11-9-18-19(12(11)8-14(15,16)17)10-21-6-7-22(2,3)4/h9H,5-8,10H2,1-4H3. The Kier molecular flexibility index (Phi) is 6.36. The first-order valence-corrected chi connectivity index (χ1v) is 11.0. The summed E-state index contributed by atoms with van der Waals surface area (Å²) in [5.74, 6) is -0.340. The van der Waals surface area contributed by atoms with Gasteiger partial charge in [-0.25, -0.2) is 4.68 Å². The van der Waals surface area contributed by atoms with Crippen LogP contribution in [0.5, 0.6) is 0 Å². The van der Waals surface area contributed by atoms with Crippen molar-refractivity contribution in [2.24, 2.45) is 0 Å². The maximum absolute atomic E-state index is 12.7. The average Bonchev–Trinajstić information content (AvgIpc) is 2.73. The lowest BCUT2D eigenvalue weighted by molar-refractivity contribution is -0.129. The fourth-order valence-electron chi connectivity index (χ4n) is 1.85. The molecule has 1 heterocycles. The van der Waals surface area contributed by atoms with Crippen LogP contribution >= 0.6 is 0 Å². The van der Waals surface area contributed by atoms with Gasteiger partial charge in [0.05, 0.1) is 23.9 Å². The SMILES string of the molecule is CCC(=O)c1cnn(COCC[Si](C)(C)C)c1CC(F)(F)F. The number of Topliss-reactive ketones (excluding diaryl/α,β-unsaturated/α-hetero) is 1. The van der Waals surface area contributed by atoms with E-state index < -0.39 is 20.7 Å². The van der Waals surface area contributed by atoms with Gasteiger partial charge in [0.2, 0.25) is 0 Å². The number of ether oxygens (including phenoxy) is 1. The van der Waals surface area contributed by atoms with Gasteiger partial charge in [-0.15, -0.1) is 0 Å². The summed E-state index contributed by atoms with van der Waals surface area (Å²) in [6.07, 6.45) is -4.22. The van der Waals surface area contributed by atoms with E-state index in [1.807, 2.05) is 0 Å². The fourth-order valence-corrected chi connectivity index (χ4v) is 2.61. The Morgan fingerprint density at radius 1 is 1.36 bits per heavy atom. The van der Waals surface area contributed by atoms with Crippen LogP contribution in [-0.2, 0) is 17.9 Å². The van der Waals surface area contributed by atoms with Gasteiger partial charge in [-0.2, -0.15) is 18.3 Å². The van der Waals surface area contributed by atoms with E-state index in [-0.39, 0.29) is 30.2 Å². The summed E-state index contributed by atoms with van der Waals surface area (Å²) in [6.45, 7) is 8.61. The van der Waals surface area contributed by atoms with Gasteiger partial charge >= 0.3 is 6.18 Å². The molecule has 8 heteroatoms. The van der Waals surface area contributed by atoms with E-state index in [0.717, 1.165) is 10.7 Å². The monoisotopic (exact) mass is 336 g/mol. The average molecular weight is 336 g/mol. The largest absolute Gasteiger partial charge is 0.394 e. The van der Waals surface area contributed by atoms with Crippen molar-refractivity contribution < 1.29 is 22.7 Å². The third-order valence-corrected chi connectivity index (χ3v) is 4.85. The lowest BCUT2D eigenvalue weighted by Gasteiger charge is -2.16. The molecular formula is C14H23F3N2O2Si. The van der Waals surface area contributed by atoms with E-state index in [0.29, 0.717) is 6.61 Å². The van der Waals surface area contributed by atoms with Crippen molar-refractivity contribution in [3.8, 4) is 0 Å². The number of nitrogens with zero attached hydrogens (tertiary/aromatic N) is 2. The molecule has 0 atom stereocenters. The number of carbonyl (C=O) groups excluding carboxylic acids is 1. The molecule has 4 nitrogen and oxygen atoms in total. The van der Waals surface area contributed by atoms with E-state index in [2.05, 4.69) is 24.7 Å². The van der Waals surface area contributed by atoms with Crippen LogP contribution in [0.3, 0.4) is 0 Å². The number of rotatable bonds is 8. The van der Waals surface area contributed by atoms with Crippen LogP contribution in [0.25, 0.3) is 0 Å². The van der Waals surface area contributed by atoms with Crippen molar-refractivity contribution in [3.05, 3.63) is 17.5 Å². The van der Waals surface area contributed by atoms with Crippen LogP contribution in [0.1, 0.15) is 29.4 Å². The molecule has 126 valence electrons. The highest BCUT2D eigenvalue weighted by Gasteiger charge is 2.32. The third-order valence-electron chi connectivity index (χ3n) is 3.15. The highest BCUT2D eigenvalue weighted by Crippen LogP contribution is 2.24. The second-order valence-electron chi connectivity index (χ2n) is 6.42. The number of halogens is 3. The molecule has 0 aromatic carbocycles. The highest BCUT2D eigenvalue weighted by atomic mass is 28.3. The fraction of sp³-hybridized carbons (Fsp3) is 0.714. The molecule has 0 aliphatic heterocycles. The Balaban J connectivity index is 2.81. The molecule has 22 heavy (non-hydrogen) atoms. The number of hydrogen-bond acceptors (Lipinski definition) is 3. The Bertz CT molecular complexity index is 507. The molecule has 0 aliphatic rings. The molecule has 0 aliphatic carbocycles. The van der Waals surface area contributed by atoms with Gasteiger partial charge in [-0.05, 0) is 6.04 Å². The van der Waals surface area contributed by atoms with Crippen LogP contribution in [0.4, 0.5) is 13.2 Å². The van der Waals surface area contributed by atoms with Gasteiger partial charge in [0.1, 0.15) is 6.73 Å². The van der Waals surface area contributed by atoms with Crippen molar-refractivity contribution in [2.75, 3.05) is 6.61 Å². The molecule has 0 fully saturated rings. The van der Waals surface area contributed by atoms with E-state index in [1.165, 1.54) is 6.20 Å². The molecule has 1 aromatic heterocycles. The summed E-state index contributed by atoms with van der Waals surface area (Å²) in [5.41, 5.74) is -0.0824. The topological polar surface area (TPSA) is 44.1 Å². The number of aromatic nitrogens is 2. The molecule has 0 saturated carbocycles. The van der Waals surface area contributed by atoms with Crippen LogP contribution in [0.15, 0.2) is 6.20 Å². The molecule has 0 unspecified atom stereocenters. The van der Waals surface area contributed by atoms with E-state index in [1.54, 1.807) is 6.92 Å². The number of ketones is 1. The molecule has 0 amide bonds. The number of carbonyl (C=O) groups is 1. The molecular weight excluding hydrogens is 313 g/mol. The van der Waals surface area contributed by atoms with E-state index in [4.69, 9.17) is 4.74 Å². The lowest BCUT2D eigenvalue weighted by atomic mass is 10.1. The van der Waals surface area contributed by atoms with E-state index in [9.17, 15) is 18.0 Å².